The fraction of sp³-hybridized carbons (Fsp3) is 0.0714. The van der Waals surface area contributed by atoms with Crippen LogP contribution in [-0.4, -0.2) is 6.29 Å². The Kier molecular flexibility index (Phi) is 4.14. The van der Waals surface area contributed by atoms with E-state index in [4.69, 9.17) is 4.74 Å². The normalized spacial score (nSPS) is 9.94. The third-order valence-corrected chi connectivity index (χ3v) is 3.07. The Bertz CT molecular complexity index is 506. The second-order valence-corrected chi connectivity index (χ2v) is 4.82. The molecule has 2 aromatic rings. The SMILES string of the molecule is O=Cc1ccccc1OCc1ccc(I)cc1. The number of rotatable bonds is 4. The fourth-order valence-electron chi connectivity index (χ4n) is 1.45. The van der Waals surface area contributed by atoms with Gasteiger partial charge in [-0.05, 0) is 52.4 Å². The van der Waals surface area contributed by atoms with E-state index in [2.05, 4.69) is 22.6 Å². The zero-order valence-corrected chi connectivity index (χ0v) is 11.3. The van der Waals surface area contributed by atoms with Gasteiger partial charge in [-0.3, -0.25) is 4.79 Å². The number of hydrogen-bond acceptors (Lipinski definition) is 2. The topological polar surface area (TPSA) is 26.3 Å². The molecule has 0 saturated carbocycles. The molecule has 0 bridgehead atoms. The number of carbonyl (C=O) groups is 1. The lowest BCUT2D eigenvalue weighted by atomic mass is 10.2. The molecule has 0 aliphatic heterocycles. The molecule has 0 N–H and O–H groups in total. The lowest BCUT2D eigenvalue weighted by Crippen LogP contribution is -1.97. The predicted molar refractivity (Wildman–Crippen MR) is 75.3 cm³/mol. The number of carbonyl (C=O) groups excluding carboxylic acids is 1. The van der Waals surface area contributed by atoms with Gasteiger partial charge >= 0.3 is 0 Å². The molecule has 0 spiro atoms. The van der Waals surface area contributed by atoms with Crippen LogP contribution < -0.4 is 4.74 Å². The number of aldehydes is 1. The first-order chi connectivity index (χ1) is 8.29. The highest BCUT2D eigenvalue weighted by molar-refractivity contribution is 14.1. The summed E-state index contributed by atoms with van der Waals surface area (Å²) in [6, 6.07) is 15.3. The lowest BCUT2D eigenvalue weighted by Gasteiger charge is -2.08. The molecule has 0 heterocycles. The summed E-state index contributed by atoms with van der Waals surface area (Å²) in [6.07, 6.45) is 0.809. The lowest BCUT2D eigenvalue weighted by molar-refractivity contribution is 0.111. The van der Waals surface area contributed by atoms with E-state index in [-0.39, 0.29) is 0 Å². The van der Waals surface area contributed by atoms with Crippen LogP contribution in [0.5, 0.6) is 5.75 Å². The summed E-state index contributed by atoms with van der Waals surface area (Å²) in [4.78, 5) is 10.8. The Morgan fingerprint density at radius 3 is 2.47 bits per heavy atom. The Hall–Kier alpha value is -1.36. The molecule has 0 amide bonds. The van der Waals surface area contributed by atoms with E-state index >= 15 is 0 Å². The van der Waals surface area contributed by atoms with E-state index in [1.54, 1.807) is 12.1 Å². The highest BCUT2D eigenvalue weighted by atomic mass is 127. The number of ether oxygens (including phenoxy) is 1. The van der Waals surface area contributed by atoms with Crippen molar-refractivity contribution in [3.63, 3.8) is 0 Å². The summed E-state index contributed by atoms with van der Waals surface area (Å²) in [5, 5.41) is 0. The number of hydrogen-bond donors (Lipinski definition) is 0. The Morgan fingerprint density at radius 1 is 1.06 bits per heavy atom. The second-order valence-electron chi connectivity index (χ2n) is 3.57. The van der Waals surface area contributed by atoms with Crippen LogP contribution >= 0.6 is 22.6 Å². The molecule has 3 heteroatoms. The largest absolute Gasteiger partial charge is 0.488 e. The first-order valence-corrected chi connectivity index (χ1v) is 6.29. The van der Waals surface area contributed by atoms with Gasteiger partial charge in [0.1, 0.15) is 12.4 Å². The molecule has 2 aromatic carbocycles. The van der Waals surface area contributed by atoms with Gasteiger partial charge in [-0.25, -0.2) is 0 Å². The molecule has 0 saturated heterocycles. The van der Waals surface area contributed by atoms with E-state index in [0.29, 0.717) is 17.9 Å². The van der Waals surface area contributed by atoms with Gasteiger partial charge in [0.25, 0.3) is 0 Å². The standard InChI is InChI=1S/C14H11IO2/c15-13-7-5-11(6-8-13)10-17-14-4-2-1-3-12(14)9-16/h1-9H,10H2. The van der Waals surface area contributed by atoms with Crippen LogP contribution in [0.15, 0.2) is 48.5 Å². The molecule has 0 radical (unpaired) electrons. The van der Waals surface area contributed by atoms with Crippen molar-refractivity contribution in [2.24, 2.45) is 0 Å². The number of benzene rings is 2. The summed E-state index contributed by atoms with van der Waals surface area (Å²) < 4.78 is 6.81. The molecule has 0 aliphatic rings. The second kappa shape index (κ2) is 5.82. The third kappa shape index (κ3) is 3.30. The molecule has 2 nitrogen and oxygen atoms in total. The number of halogens is 1. The fourth-order valence-corrected chi connectivity index (χ4v) is 1.81. The highest BCUT2D eigenvalue weighted by Gasteiger charge is 2.01. The Labute approximate surface area is 114 Å². The molecular weight excluding hydrogens is 327 g/mol. The summed E-state index contributed by atoms with van der Waals surface area (Å²) in [5.41, 5.74) is 1.67. The molecule has 0 aliphatic carbocycles. The van der Waals surface area contributed by atoms with Crippen molar-refractivity contribution in [1.29, 1.82) is 0 Å². The van der Waals surface area contributed by atoms with E-state index in [1.165, 1.54) is 3.57 Å². The van der Waals surface area contributed by atoms with Crippen LogP contribution in [0.2, 0.25) is 0 Å². The summed E-state index contributed by atoms with van der Waals surface area (Å²) in [5.74, 6) is 0.626. The van der Waals surface area contributed by atoms with E-state index in [0.717, 1.165) is 11.8 Å². The molecule has 0 fully saturated rings. The molecule has 17 heavy (non-hydrogen) atoms. The summed E-state index contributed by atoms with van der Waals surface area (Å²) in [6.45, 7) is 0.474. The smallest absolute Gasteiger partial charge is 0.153 e. The first-order valence-electron chi connectivity index (χ1n) is 5.21. The van der Waals surface area contributed by atoms with Crippen LogP contribution in [0.1, 0.15) is 15.9 Å². The van der Waals surface area contributed by atoms with Crippen LogP contribution in [0.25, 0.3) is 0 Å². The van der Waals surface area contributed by atoms with E-state index in [9.17, 15) is 4.79 Å². The van der Waals surface area contributed by atoms with Crippen LogP contribution in [0, 0.1) is 3.57 Å². The molecule has 0 atom stereocenters. The average molecular weight is 338 g/mol. The highest BCUT2D eigenvalue weighted by Crippen LogP contribution is 2.17. The third-order valence-electron chi connectivity index (χ3n) is 2.35. The first kappa shape index (κ1) is 12.1. The minimum Gasteiger partial charge on any atom is -0.488 e. The van der Waals surface area contributed by atoms with Crippen molar-refractivity contribution in [2.75, 3.05) is 0 Å². The van der Waals surface area contributed by atoms with Gasteiger partial charge in [0.2, 0.25) is 0 Å². The van der Waals surface area contributed by atoms with Crippen molar-refractivity contribution in [3.8, 4) is 5.75 Å². The van der Waals surface area contributed by atoms with Crippen molar-refractivity contribution in [2.45, 2.75) is 6.61 Å². The predicted octanol–water partition coefficient (Wildman–Crippen LogP) is 3.68. The van der Waals surface area contributed by atoms with Crippen molar-refractivity contribution in [1.82, 2.24) is 0 Å². The minimum absolute atomic E-state index is 0.474. The summed E-state index contributed by atoms with van der Waals surface area (Å²) >= 11 is 2.26. The van der Waals surface area contributed by atoms with Crippen LogP contribution in [0.4, 0.5) is 0 Å². The van der Waals surface area contributed by atoms with Crippen molar-refractivity contribution in [3.05, 3.63) is 63.2 Å². The van der Waals surface area contributed by atoms with Crippen LogP contribution in [-0.2, 0) is 6.61 Å². The Balaban J connectivity index is 2.07. The van der Waals surface area contributed by atoms with Gasteiger partial charge in [-0.2, -0.15) is 0 Å². The number of para-hydroxylation sites is 1. The van der Waals surface area contributed by atoms with Crippen molar-refractivity contribution < 1.29 is 9.53 Å². The van der Waals surface area contributed by atoms with E-state index < -0.39 is 0 Å². The molecule has 2 rings (SSSR count). The van der Waals surface area contributed by atoms with E-state index in [1.807, 2.05) is 36.4 Å². The maximum Gasteiger partial charge on any atom is 0.153 e. The zero-order valence-electron chi connectivity index (χ0n) is 9.10. The monoisotopic (exact) mass is 338 g/mol. The molecular formula is C14H11IO2. The van der Waals surface area contributed by atoms with Gasteiger partial charge < -0.3 is 4.74 Å². The molecule has 86 valence electrons. The quantitative estimate of drug-likeness (QED) is 0.628. The minimum atomic E-state index is 0.474. The van der Waals surface area contributed by atoms with Gasteiger partial charge in [0.15, 0.2) is 6.29 Å². The molecule has 0 unspecified atom stereocenters. The Morgan fingerprint density at radius 2 is 1.76 bits per heavy atom. The average Bonchev–Trinajstić information content (AvgIpc) is 2.38. The van der Waals surface area contributed by atoms with Gasteiger partial charge in [-0.15, -0.1) is 0 Å². The summed E-state index contributed by atoms with van der Waals surface area (Å²) in [7, 11) is 0. The zero-order chi connectivity index (χ0) is 12.1. The van der Waals surface area contributed by atoms with Gasteiger partial charge in [0.05, 0.1) is 5.56 Å². The maximum absolute atomic E-state index is 10.8. The van der Waals surface area contributed by atoms with Crippen LogP contribution in [0.3, 0.4) is 0 Å². The van der Waals surface area contributed by atoms with Gasteiger partial charge in [0, 0.05) is 3.57 Å². The van der Waals surface area contributed by atoms with Crippen molar-refractivity contribution >= 4 is 28.9 Å². The molecule has 0 aromatic heterocycles. The van der Waals surface area contributed by atoms with Gasteiger partial charge in [-0.1, -0.05) is 24.3 Å². The maximum atomic E-state index is 10.8.